The summed E-state index contributed by atoms with van der Waals surface area (Å²) in [5, 5.41) is 0. The van der Waals surface area contributed by atoms with E-state index in [1.54, 1.807) is 0 Å². The van der Waals surface area contributed by atoms with Crippen LogP contribution in [0.2, 0.25) is 0 Å². The van der Waals surface area contributed by atoms with Gasteiger partial charge in [0, 0.05) is 20.8 Å². The summed E-state index contributed by atoms with van der Waals surface area (Å²) < 4.78 is 25.2. The molecule has 0 N–H and O–H groups in total. The number of hydrogen-bond donors (Lipinski definition) is 0. The standard InChI is InChI=1S/C15H18O9/c1-6-10-11(21-7(2)16)12(22-8(3)17)13(23-9(4)18)14(24-10)15(19)20-5/h1,10-14H,2-5H3/t10?,11-,12+,13-,14-/m0/s1. The first kappa shape index (κ1) is 19.4. The van der Waals surface area contributed by atoms with Gasteiger partial charge in [0.1, 0.15) is 0 Å². The molecule has 0 aliphatic carbocycles. The molecule has 132 valence electrons. The first-order valence-electron chi connectivity index (χ1n) is 6.92. The Kier molecular flexibility index (Phi) is 6.73. The number of ether oxygens (including phenoxy) is 5. The molecule has 0 bridgehead atoms. The first-order chi connectivity index (χ1) is 11.2. The summed E-state index contributed by atoms with van der Waals surface area (Å²) in [4.78, 5) is 46.0. The van der Waals surface area contributed by atoms with Crippen LogP contribution in [0.1, 0.15) is 20.8 Å². The molecule has 1 unspecified atom stereocenters. The van der Waals surface area contributed by atoms with E-state index in [4.69, 9.17) is 25.4 Å². The van der Waals surface area contributed by atoms with Crippen molar-refractivity contribution < 1.29 is 42.9 Å². The van der Waals surface area contributed by atoms with Crippen LogP contribution in [0.5, 0.6) is 0 Å². The van der Waals surface area contributed by atoms with Gasteiger partial charge in [-0.2, -0.15) is 0 Å². The second-order valence-electron chi connectivity index (χ2n) is 4.89. The highest BCUT2D eigenvalue weighted by Crippen LogP contribution is 2.29. The Bertz CT molecular complexity index is 562. The topological polar surface area (TPSA) is 114 Å². The molecule has 1 saturated heterocycles. The zero-order valence-electron chi connectivity index (χ0n) is 13.6. The van der Waals surface area contributed by atoms with Crippen molar-refractivity contribution in [1.29, 1.82) is 0 Å². The highest BCUT2D eigenvalue weighted by Gasteiger charge is 2.54. The molecule has 0 aromatic rings. The maximum Gasteiger partial charge on any atom is 0.339 e. The van der Waals surface area contributed by atoms with Gasteiger partial charge >= 0.3 is 23.9 Å². The minimum absolute atomic E-state index is 0.723. The van der Waals surface area contributed by atoms with Gasteiger partial charge in [-0.15, -0.1) is 6.42 Å². The highest BCUT2D eigenvalue weighted by atomic mass is 16.7. The number of carbonyl (C=O) groups excluding carboxylic acids is 4. The molecule has 24 heavy (non-hydrogen) atoms. The fourth-order valence-electron chi connectivity index (χ4n) is 2.25. The summed E-state index contributed by atoms with van der Waals surface area (Å²) in [5.74, 6) is -0.928. The average molecular weight is 342 g/mol. The van der Waals surface area contributed by atoms with Crippen molar-refractivity contribution in [1.82, 2.24) is 0 Å². The molecular formula is C15H18O9. The maximum absolute atomic E-state index is 11.9. The zero-order chi connectivity index (χ0) is 18.4. The summed E-state index contributed by atoms with van der Waals surface area (Å²) >= 11 is 0. The molecule has 1 heterocycles. The van der Waals surface area contributed by atoms with Crippen molar-refractivity contribution in [3.63, 3.8) is 0 Å². The smallest absolute Gasteiger partial charge is 0.339 e. The van der Waals surface area contributed by atoms with E-state index >= 15 is 0 Å². The highest BCUT2D eigenvalue weighted by molar-refractivity contribution is 5.77. The van der Waals surface area contributed by atoms with Crippen LogP contribution in [-0.4, -0.2) is 61.5 Å². The van der Waals surface area contributed by atoms with E-state index in [1.807, 2.05) is 0 Å². The van der Waals surface area contributed by atoms with E-state index in [2.05, 4.69) is 10.7 Å². The lowest BCUT2D eigenvalue weighted by Crippen LogP contribution is -2.63. The molecule has 1 fully saturated rings. The Morgan fingerprint density at radius 3 is 1.75 bits per heavy atom. The molecule has 0 spiro atoms. The van der Waals surface area contributed by atoms with Gasteiger partial charge in [0.2, 0.25) is 0 Å². The third kappa shape index (κ3) is 4.70. The Hall–Kier alpha value is -2.60. The molecule has 1 aliphatic heterocycles. The molecule has 5 atom stereocenters. The number of rotatable bonds is 4. The van der Waals surface area contributed by atoms with E-state index in [1.165, 1.54) is 0 Å². The van der Waals surface area contributed by atoms with Gasteiger partial charge in [-0.25, -0.2) is 4.79 Å². The van der Waals surface area contributed by atoms with Crippen LogP contribution in [0, 0.1) is 12.3 Å². The van der Waals surface area contributed by atoms with Crippen LogP contribution < -0.4 is 0 Å². The van der Waals surface area contributed by atoms with Crippen molar-refractivity contribution >= 4 is 23.9 Å². The third-order valence-corrected chi connectivity index (χ3v) is 3.04. The summed E-state index contributed by atoms with van der Waals surface area (Å²) in [5.41, 5.74) is 0. The molecule has 0 radical (unpaired) electrons. The largest absolute Gasteiger partial charge is 0.467 e. The fourth-order valence-corrected chi connectivity index (χ4v) is 2.25. The fraction of sp³-hybridized carbons (Fsp3) is 0.600. The van der Waals surface area contributed by atoms with Gasteiger partial charge in [0.05, 0.1) is 7.11 Å². The van der Waals surface area contributed by atoms with Crippen LogP contribution in [0.4, 0.5) is 0 Å². The predicted molar refractivity (Wildman–Crippen MR) is 76.2 cm³/mol. The number of hydrogen-bond acceptors (Lipinski definition) is 9. The first-order valence-corrected chi connectivity index (χ1v) is 6.92. The normalized spacial score (nSPS) is 28.9. The monoisotopic (exact) mass is 342 g/mol. The van der Waals surface area contributed by atoms with Crippen LogP contribution in [-0.2, 0) is 42.9 Å². The van der Waals surface area contributed by atoms with Crippen molar-refractivity contribution in [3.05, 3.63) is 0 Å². The summed E-state index contributed by atoms with van der Waals surface area (Å²) in [6, 6.07) is 0. The Balaban J connectivity index is 3.31. The minimum atomic E-state index is -1.45. The van der Waals surface area contributed by atoms with Gasteiger partial charge < -0.3 is 23.7 Å². The number of carbonyl (C=O) groups is 4. The maximum atomic E-state index is 11.9. The second-order valence-corrected chi connectivity index (χ2v) is 4.89. The van der Waals surface area contributed by atoms with Crippen molar-refractivity contribution in [2.24, 2.45) is 0 Å². The Morgan fingerprint density at radius 1 is 0.875 bits per heavy atom. The lowest BCUT2D eigenvalue weighted by molar-refractivity contribution is -0.239. The Labute approximate surface area is 138 Å². The van der Waals surface area contributed by atoms with E-state index < -0.39 is 54.4 Å². The van der Waals surface area contributed by atoms with E-state index in [-0.39, 0.29) is 0 Å². The van der Waals surface area contributed by atoms with Crippen molar-refractivity contribution in [3.8, 4) is 12.3 Å². The Morgan fingerprint density at radius 2 is 1.33 bits per heavy atom. The summed E-state index contributed by atoms with van der Waals surface area (Å²) in [6.45, 7) is 3.31. The molecule has 0 aromatic heterocycles. The van der Waals surface area contributed by atoms with Crippen LogP contribution in [0.15, 0.2) is 0 Å². The zero-order valence-corrected chi connectivity index (χ0v) is 13.6. The van der Waals surface area contributed by atoms with E-state index in [0.29, 0.717) is 0 Å². The summed E-state index contributed by atoms with van der Waals surface area (Å²) in [6.07, 6.45) is -1.31. The molecular weight excluding hydrogens is 324 g/mol. The van der Waals surface area contributed by atoms with Gasteiger partial charge in [-0.05, 0) is 0 Å². The molecule has 0 saturated carbocycles. The van der Waals surface area contributed by atoms with E-state index in [9.17, 15) is 19.2 Å². The quantitative estimate of drug-likeness (QED) is 0.373. The molecule has 9 nitrogen and oxygen atoms in total. The lowest BCUT2D eigenvalue weighted by Gasteiger charge is -2.41. The van der Waals surface area contributed by atoms with Gasteiger partial charge in [0.15, 0.2) is 30.5 Å². The SMILES string of the molecule is C#CC1O[C@H](C(=O)OC)[C@@H](OC(C)=O)[C@H](OC(C)=O)[C@H]1OC(C)=O. The molecule has 1 aliphatic rings. The molecule has 1 rings (SSSR count). The number of methoxy groups -OCH3 is 1. The van der Waals surface area contributed by atoms with E-state index in [0.717, 1.165) is 27.9 Å². The number of terminal acetylenes is 1. The van der Waals surface area contributed by atoms with Crippen molar-refractivity contribution in [2.75, 3.05) is 7.11 Å². The number of esters is 4. The van der Waals surface area contributed by atoms with Gasteiger partial charge in [-0.1, -0.05) is 5.92 Å². The molecule has 0 amide bonds. The average Bonchev–Trinajstić information content (AvgIpc) is 2.48. The minimum Gasteiger partial charge on any atom is -0.467 e. The summed E-state index contributed by atoms with van der Waals surface area (Å²) in [7, 11) is 1.10. The van der Waals surface area contributed by atoms with Gasteiger partial charge in [-0.3, -0.25) is 14.4 Å². The lowest BCUT2D eigenvalue weighted by atomic mass is 9.94. The van der Waals surface area contributed by atoms with Crippen molar-refractivity contribution in [2.45, 2.75) is 51.3 Å². The molecule has 0 aromatic carbocycles. The predicted octanol–water partition coefficient (Wildman–Crippen LogP) is -0.645. The molecule has 9 heteroatoms. The third-order valence-electron chi connectivity index (χ3n) is 3.04. The van der Waals surface area contributed by atoms with Crippen LogP contribution in [0.3, 0.4) is 0 Å². The van der Waals surface area contributed by atoms with Crippen LogP contribution in [0.25, 0.3) is 0 Å². The second kappa shape index (κ2) is 8.31. The van der Waals surface area contributed by atoms with Gasteiger partial charge in [0.25, 0.3) is 0 Å². The van der Waals surface area contributed by atoms with Crippen LogP contribution >= 0.6 is 0 Å².